The summed E-state index contributed by atoms with van der Waals surface area (Å²) < 4.78 is 7.65. The molecular weight excluding hydrogens is 347 g/mol. The minimum atomic E-state index is -1.57. The van der Waals surface area contributed by atoms with E-state index in [1.54, 1.807) is 0 Å². The summed E-state index contributed by atoms with van der Waals surface area (Å²) in [5.41, 5.74) is 0. The van der Waals surface area contributed by atoms with E-state index in [-0.39, 0.29) is 0 Å². The molecule has 0 atom stereocenters. The van der Waals surface area contributed by atoms with Crippen LogP contribution in [0, 0.1) is 0 Å². The van der Waals surface area contributed by atoms with Crippen LogP contribution in [0.15, 0.2) is 21.1 Å². The monoisotopic (exact) mass is 356 g/mol. The summed E-state index contributed by atoms with van der Waals surface area (Å²) >= 11 is 12.8. The third-order valence-corrected chi connectivity index (χ3v) is 4.04. The second-order valence-electron chi connectivity index (χ2n) is 3.91. The molecule has 0 aliphatic rings. The summed E-state index contributed by atoms with van der Waals surface area (Å²) in [5, 5.41) is 0.668. The lowest BCUT2D eigenvalue weighted by atomic mass is 10.3. The Kier molecular flexibility index (Phi) is 4.09. The fourth-order valence-electron chi connectivity index (χ4n) is 0.912. The molecule has 5 heteroatoms. The second-order valence-corrected chi connectivity index (χ2v) is 10.5. The largest absolute Gasteiger partial charge is 0.544 e. The molecule has 0 saturated heterocycles. The third-order valence-electron chi connectivity index (χ3n) is 1.39. The average Bonchev–Trinajstić information content (AvgIpc) is 1.97. The number of hydrogen-bond acceptors (Lipinski definition) is 1. The van der Waals surface area contributed by atoms with Gasteiger partial charge in [-0.1, -0.05) is 11.6 Å². The standard InChI is InChI=1S/C9H11Br2ClOSi/c1-14(2,3)13-9-5-8(12)6(10)4-7(9)11/h4-5H,1-3H3. The van der Waals surface area contributed by atoms with Gasteiger partial charge in [-0.2, -0.15) is 0 Å². The molecule has 0 radical (unpaired) electrons. The molecule has 0 heterocycles. The molecule has 1 nitrogen and oxygen atoms in total. The van der Waals surface area contributed by atoms with Crippen molar-refractivity contribution in [1.82, 2.24) is 0 Å². The molecule has 0 fully saturated rings. The summed E-state index contributed by atoms with van der Waals surface area (Å²) in [6.45, 7) is 6.40. The van der Waals surface area contributed by atoms with E-state index in [2.05, 4.69) is 51.5 Å². The van der Waals surface area contributed by atoms with Crippen LogP contribution in [0.5, 0.6) is 5.75 Å². The highest BCUT2D eigenvalue weighted by molar-refractivity contribution is 9.11. The van der Waals surface area contributed by atoms with Gasteiger partial charge in [0.15, 0.2) is 0 Å². The predicted molar refractivity (Wildman–Crippen MR) is 70.8 cm³/mol. The van der Waals surface area contributed by atoms with Gasteiger partial charge in [0.05, 0.1) is 9.50 Å². The maximum absolute atomic E-state index is 5.98. The van der Waals surface area contributed by atoms with Crippen LogP contribution in [0.2, 0.25) is 24.7 Å². The van der Waals surface area contributed by atoms with Crippen molar-refractivity contribution < 1.29 is 4.43 Å². The maximum atomic E-state index is 5.98. The summed E-state index contributed by atoms with van der Waals surface area (Å²) in [6, 6.07) is 3.73. The molecule has 0 saturated carbocycles. The second kappa shape index (κ2) is 4.55. The first-order valence-electron chi connectivity index (χ1n) is 4.13. The molecule has 0 bridgehead atoms. The summed E-state index contributed by atoms with van der Waals surface area (Å²) in [7, 11) is -1.57. The lowest BCUT2D eigenvalue weighted by Gasteiger charge is -2.20. The molecule has 0 N–H and O–H groups in total. The molecular formula is C9H11Br2ClOSi. The Morgan fingerprint density at radius 1 is 1.14 bits per heavy atom. The number of halogens is 3. The van der Waals surface area contributed by atoms with Crippen molar-refractivity contribution in [3.63, 3.8) is 0 Å². The maximum Gasteiger partial charge on any atom is 0.242 e. The van der Waals surface area contributed by atoms with Crippen LogP contribution in [0.3, 0.4) is 0 Å². The van der Waals surface area contributed by atoms with E-state index in [4.69, 9.17) is 16.0 Å². The Balaban J connectivity index is 3.04. The SMILES string of the molecule is C[Si](C)(C)Oc1cc(Cl)c(Br)cc1Br. The van der Waals surface area contributed by atoms with Crippen molar-refractivity contribution in [2.45, 2.75) is 19.6 Å². The van der Waals surface area contributed by atoms with Gasteiger partial charge >= 0.3 is 0 Å². The van der Waals surface area contributed by atoms with Crippen LogP contribution in [-0.2, 0) is 0 Å². The van der Waals surface area contributed by atoms with Crippen molar-refractivity contribution in [3.8, 4) is 5.75 Å². The Morgan fingerprint density at radius 3 is 2.21 bits per heavy atom. The highest BCUT2D eigenvalue weighted by Gasteiger charge is 2.18. The number of rotatable bonds is 2. The highest BCUT2D eigenvalue weighted by Crippen LogP contribution is 2.35. The zero-order valence-electron chi connectivity index (χ0n) is 8.20. The Labute approximate surface area is 107 Å². The van der Waals surface area contributed by atoms with Crippen molar-refractivity contribution in [2.24, 2.45) is 0 Å². The molecule has 0 aliphatic carbocycles. The zero-order chi connectivity index (χ0) is 10.9. The van der Waals surface area contributed by atoms with E-state index >= 15 is 0 Å². The molecule has 0 aliphatic heterocycles. The normalized spacial score (nSPS) is 11.6. The molecule has 0 amide bonds. The average molecular weight is 359 g/mol. The van der Waals surface area contributed by atoms with Gasteiger partial charge in [-0.15, -0.1) is 0 Å². The van der Waals surface area contributed by atoms with Gasteiger partial charge in [-0.25, -0.2) is 0 Å². The van der Waals surface area contributed by atoms with E-state index in [1.807, 2.05) is 12.1 Å². The molecule has 78 valence electrons. The van der Waals surface area contributed by atoms with E-state index in [1.165, 1.54) is 0 Å². The minimum Gasteiger partial charge on any atom is -0.544 e. The van der Waals surface area contributed by atoms with Gasteiger partial charge in [0.25, 0.3) is 0 Å². The lowest BCUT2D eigenvalue weighted by Crippen LogP contribution is -2.29. The van der Waals surface area contributed by atoms with E-state index in [0.29, 0.717) is 5.02 Å². The molecule has 14 heavy (non-hydrogen) atoms. The van der Waals surface area contributed by atoms with Crippen molar-refractivity contribution >= 4 is 51.8 Å². The van der Waals surface area contributed by atoms with Crippen LogP contribution in [0.25, 0.3) is 0 Å². The van der Waals surface area contributed by atoms with Gasteiger partial charge in [0, 0.05) is 4.47 Å². The molecule has 0 aromatic heterocycles. The summed E-state index contributed by atoms with van der Waals surface area (Å²) in [5.74, 6) is 0.817. The van der Waals surface area contributed by atoms with Crippen LogP contribution < -0.4 is 4.43 Å². The molecule has 0 spiro atoms. The fourth-order valence-corrected chi connectivity index (χ4v) is 3.12. The van der Waals surface area contributed by atoms with Gasteiger partial charge < -0.3 is 4.43 Å². The topological polar surface area (TPSA) is 9.23 Å². The first kappa shape index (κ1) is 12.6. The quantitative estimate of drug-likeness (QED) is 0.529. The zero-order valence-corrected chi connectivity index (χ0v) is 13.1. The summed E-state index contributed by atoms with van der Waals surface area (Å²) in [4.78, 5) is 0. The predicted octanol–water partition coefficient (Wildman–Crippen LogP) is 5.08. The van der Waals surface area contributed by atoms with Crippen LogP contribution in [0.4, 0.5) is 0 Å². The first-order chi connectivity index (χ1) is 6.29. The Bertz CT molecular complexity index is 349. The lowest BCUT2D eigenvalue weighted by molar-refractivity contribution is 0.554. The third kappa shape index (κ3) is 3.57. The Hall–Kier alpha value is 0.487. The number of hydrogen-bond donors (Lipinski definition) is 0. The summed E-state index contributed by atoms with van der Waals surface area (Å²) in [6.07, 6.45) is 0. The van der Waals surface area contributed by atoms with E-state index in [0.717, 1.165) is 14.7 Å². The fraction of sp³-hybridized carbons (Fsp3) is 0.333. The van der Waals surface area contributed by atoms with Crippen molar-refractivity contribution in [3.05, 3.63) is 26.1 Å². The highest BCUT2D eigenvalue weighted by atomic mass is 79.9. The van der Waals surface area contributed by atoms with Crippen LogP contribution in [0.1, 0.15) is 0 Å². The minimum absolute atomic E-state index is 0.668. The van der Waals surface area contributed by atoms with Gasteiger partial charge in [-0.3, -0.25) is 0 Å². The van der Waals surface area contributed by atoms with Gasteiger partial charge in [0.1, 0.15) is 5.75 Å². The van der Waals surface area contributed by atoms with E-state index < -0.39 is 8.32 Å². The first-order valence-corrected chi connectivity index (χ1v) is 9.50. The van der Waals surface area contributed by atoms with Crippen molar-refractivity contribution in [2.75, 3.05) is 0 Å². The van der Waals surface area contributed by atoms with Crippen LogP contribution >= 0.6 is 43.5 Å². The molecule has 1 aromatic carbocycles. The van der Waals surface area contributed by atoms with Gasteiger partial charge in [-0.05, 0) is 63.6 Å². The van der Waals surface area contributed by atoms with Crippen molar-refractivity contribution in [1.29, 1.82) is 0 Å². The van der Waals surface area contributed by atoms with Gasteiger partial charge in [0.2, 0.25) is 8.32 Å². The molecule has 0 unspecified atom stereocenters. The number of benzene rings is 1. The smallest absolute Gasteiger partial charge is 0.242 e. The molecule has 1 aromatic rings. The Morgan fingerprint density at radius 2 is 1.71 bits per heavy atom. The molecule has 1 rings (SSSR count). The van der Waals surface area contributed by atoms with Crippen LogP contribution in [-0.4, -0.2) is 8.32 Å². The van der Waals surface area contributed by atoms with E-state index in [9.17, 15) is 0 Å².